The fraction of sp³-hybridized carbons (Fsp3) is 0.300. The van der Waals surface area contributed by atoms with Gasteiger partial charge in [-0.15, -0.1) is 0 Å². The third-order valence-corrected chi connectivity index (χ3v) is 4.32. The molecule has 2 N–H and O–H groups in total. The molecule has 0 aliphatic carbocycles. The van der Waals surface area contributed by atoms with Gasteiger partial charge in [-0.2, -0.15) is 0 Å². The van der Waals surface area contributed by atoms with Crippen molar-refractivity contribution >= 4 is 23.5 Å². The highest BCUT2D eigenvalue weighted by Crippen LogP contribution is 2.16. The number of hydrogen-bond acceptors (Lipinski definition) is 4. The van der Waals surface area contributed by atoms with E-state index in [0.717, 1.165) is 5.56 Å². The summed E-state index contributed by atoms with van der Waals surface area (Å²) in [5.41, 5.74) is 0.962. The first-order valence-corrected chi connectivity index (χ1v) is 9.04. The molecule has 144 valence electrons. The van der Waals surface area contributed by atoms with Gasteiger partial charge in [0.2, 0.25) is 5.91 Å². The van der Waals surface area contributed by atoms with Gasteiger partial charge in [-0.25, -0.2) is 4.79 Å². The zero-order valence-corrected chi connectivity index (χ0v) is 16.2. The lowest BCUT2D eigenvalue weighted by Gasteiger charge is -2.23. The van der Waals surface area contributed by atoms with Crippen molar-refractivity contribution in [3.63, 3.8) is 0 Å². The highest BCUT2D eigenvalue weighted by molar-refractivity contribution is 6.30. The van der Waals surface area contributed by atoms with E-state index in [4.69, 9.17) is 16.3 Å². The zero-order chi connectivity index (χ0) is 19.6. The monoisotopic (exact) mass is 389 g/mol. The van der Waals surface area contributed by atoms with Crippen molar-refractivity contribution in [3.8, 4) is 5.75 Å². The molecule has 0 aliphatic rings. The lowest BCUT2D eigenvalue weighted by atomic mass is 10.2. The van der Waals surface area contributed by atoms with E-state index >= 15 is 0 Å². The zero-order valence-electron chi connectivity index (χ0n) is 15.4. The molecular formula is C20H24ClN3O3. The molecule has 0 bridgehead atoms. The Morgan fingerprint density at radius 1 is 1.15 bits per heavy atom. The summed E-state index contributed by atoms with van der Waals surface area (Å²) in [6.45, 7) is 3.01. The van der Waals surface area contributed by atoms with Gasteiger partial charge in [0.25, 0.3) is 0 Å². The van der Waals surface area contributed by atoms with Crippen molar-refractivity contribution in [2.75, 3.05) is 20.2 Å². The van der Waals surface area contributed by atoms with Crippen LogP contribution in [-0.4, -0.2) is 43.1 Å². The Morgan fingerprint density at radius 2 is 1.89 bits per heavy atom. The molecule has 2 aromatic rings. The molecule has 0 fully saturated rings. The minimum atomic E-state index is -0.515. The summed E-state index contributed by atoms with van der Waals surface area (Å²) in [4.78, 5) is 25.9. The summed E-state index contributed by atoms with van der Waals surface area (Å²) in [5.74, 6) is 0.305. The average molecular weight is 390 g/mol. The van der Waals surface area contributed by atoms with E-state index in [0.29, 0.717) is 30.5 Å². The van der Waals surface area contributed by atoms with Crippen LogP contribution in [0, 0.1) is 0 Å². The summed E-state index contributed by atoms with van der Waals surface area (Å²) in [6, 6.07) is 15.6. The fourth-order valence-electron chi connectivity index (χ4n) is 2.30. The molecule has 0 spiro atoms. The topological polar surface area (TPSA) is 70.7 Å². The maximum atomic E-state index is 12.2. The van der Waals surface area contributed by atoms with Crippen molar-refractivity contribution in [3.05, 3.63) is 65.2 Å². The fourth-order valence-corrected chi connectivity index (χ4v) is 2.48. The Hall–Kier alpha value is -2.57. The molecule has 2 rings (SSSR count). The van der Waals surface area contributed by atoms with Crippen LogP contribution in [0.15, 0.2) is 54.6 Å². The van der Waals surface area contributed by atoms with Gasteiger partial charge < -0.3 is 10.1 Å². The lowest BCUT2D eigenvalue weighted by Crippen LogP contribution is -2.49. The molecule has 1 atom stereocenters. The van der Waals surface area contributed by atoms with E-state index in [1.807, 2.05) is 47.4 Å². The van der Waals surface area contributed by atoms with Crippen molar-refractivity contribution in [2.45, 2.75) is 19.5 Å². The van der Waals surface area contributed by atoms with Crippen LogP contribution in [0.4, 0.5) is 4.79 Å². The van der Waals surface area contributed by atoms with Crippen molar-refractivity contribution in [2.24, 2.45) is 0 Å². The van der Waals surface area contributed by atoms with E-state index in [-0.39, 0.29) is 5.91 Å². The predicted molar refractivity (Wildman–Crippen MR) is 106 cm³/mol. The van der Waals surface area contributed by atoms with Gasteiger partial charge in [0.15, 0.2) is 0 Å². The normalized spacial score (nSPS) is 11.7. The Labute approximate surface area is 164 Å². The molecule has 0 saturated heterocycles. The SMILES string of the molecule is C[C@H](C(=O)NC(=O)NCc1ccccc1)N(C)CCOc1cccc(Cl)c1. The second kappa shape index (κ2) is 10.5. The van der Waals surface area contributed by atoms with Crippen LogP contribution >= 0.6 is 11.6 Å². The van der Waals surface area contributed by atoms with Crippen LogP contribution in [-0.2, 0) is 11.3 Å². The molecule has 0 heterocycles. The number of amides is 3. The van der Waals surface area contributed by atoms with Crippen molar-refractivity contribution in [1.82, 2.24) is 15.5 Å². The number of nitrogens with one attached hydrogen (secondary N) is 2. The summed E-state index contributed by atoms with van der Waals surface area (Å²) >= 11 is 5.91. The van der Waals surface area contributed by atoms with Crippen molar-refractivity contribution in [1.29, 1.82) is 0 Å². The number of likely N-dealkylation sites (N-methyl/N-ethyl adjacent to an activating group) is 1. The Bertz CT molecular complexity index is 755. The van der Waals surface area contributed by atoms with Gasteiger partial charge in [-0.05, 0) is 37.7 Å². The quantitative estimate of drug-likeness (QED) is 0.728. The van der Waals surface area contributed by atoms with Gasteiger partial charge >= 0.3 is 6.03 Å². The van der Waals surface area contributed by atoms with Gasteiger partial charge in [0, 0.05) is 18.1 Å². The molecule has 0 radical (unpaired) electrons. The molecular weight excluding hydrogens is 366 g/mol. The molecule has 2 aromatic carbocycles. The number of imide groups is 1. The smallest absolute Gasteiger partial charge is 0.321 e. The molecule has 3 amide bonds. The lowest BCUT2D eigenvalue weighted by molar-refractivity contribution is -0.124. The number of halogens is 1. The highest BCUT2D eigenvalue weighted by atomic mass is 35.5. The van der Waals surface area contributed by atoms with Gasteiger partial charge in [0.1, 0.15) is 12.4 Å². The van der Waals surface area contributed by atoms with E-state index < -0.39 is 12.1 Å². The molecule has 6 nitrogen and oxygen atoms in total. The first-order chi connectivity index (χ1) is 13.0. The number of benzene rings is 2. The Balaban J connectivity index is 1.70. The van der Waals surface area contributed by atoms with Crippen LogP contribution in [0.3, 0.4) is 0 Å². The van der Waals surface area contributed by atoms with E-state index in [1.54, 1.807) is 26.1 Å². The first kappa shape index (κ1) is 20.7. The Kier molecular flexibility index (Phi) is 8.10. The summed E-state index contributed by atoms with van der Waals surface area (Å²) in [7, 11) is 1.80. The number of carbonyl (C=O) groups is 2. The van der Waals surface area contributed by atoms with Gasteiger partial charge in [-0.1, -0.05) is 48.0 Å². The van der Waals surface area contributed by atoms with Crippen molar-refractivity contribution < 1.29 is 14.3 Å². The number of nitrogens with zero attached hydrogens (tertiary/aromatic N) is 1. The highest BCUT2D eigenvalue weighted by Gasteiger charge is 2.19. The summed E-state index contributed by atoms with van der Waals surface area (Å²) < 4.78 is 5.62. The average Bonchev–Trinajstić information content (AvgIpc) is 2.66. The van der Waals surface area contributed by atoms with Crippen LogP contribution in [0.2, 0.25) is 5.02 Å². The number of hydrogen-bond donors (Lipinski definition) is 2. The van der Waals surface area contributed by atoms with Crippen LogP contribution in [0.5, 0.6) is 5.75 Å². The third-order valence-electron chi connectivity index (χ3n) is 4.08. The minimum Gasteiger partial charge on any atom is -0.492 e. The molecule has 27 heavy (non-hydrogen) atoms. The third kappa shape index (κ3) is 7.29. The van der Waals surface area contributed by atoms with E-state index in [2.05, 4.69) is 10.6 Å². The Morgan fingerprint density at radius 3 is 2.59 bits per heavy atom. The second-order valence-corrected chi connectivity index (χ2v) is 6.56. The maximum Gasteiger partial charge on any atom is 0.321 e. The minimum absolute atomic E-state index is 0.359. The number of urea groups is 1. The number of ether oxygens (including phenoxy) is 1. The van der Waals surface area contributed by atoms with Gasteiger partial charge in [0.05, 0.1) is 6.04 Å². The molecule has 0 aliphatic heterocycles. The van der Waals surface area contributed by atoms with Gasteiger partial charge in [-0.3, -0.25) is 15.0 Å². The molecule has 7 heteroatoms. The molecule has 0 unspecified atom stereocenters. The maximum absolute atomic E-state index is 12.2. The number of carbonyl (C=O) groups excluding carboxylic acids is 2. The van der Waals surface area contributed by atoms with E-state index in [1.165, 1.54) is 0 Å². The standard InChI is InChI=1S/C20H24ClN3O3/c1-15(24(2)11-12-27-18-10-6-9-17(21)13-18)19(25)23-20(26)22-14-16-7-4-3-5-8-16/h3-10,13,15H,11-12,14H2,1-2H3,(H2,22,23,25,26)/t15-/m1/s1. The van der Waals surface area contributed by atoms with E-state index in [9.17, 15) is 9.59 Å². The summed E-state index contributed by atoms with van der Waals surface area (Å²) in [5, 5.41) is 5.63. The summed E-state index contributed by atoms with van der Waals surface area (Å²) in [6.07, 6.45) is 0. The molecule has 0 aromatic heterocycles. The second-order valence-electron chi connectivity index (χ2n) is 6.12. The van der Waals surface area contributed by atoms with Crippen LogP contribution in [0.1, 0.15) is 12.5 Å². The molecule has 0 saturated carbocycles. The largest absolute Gasteiger partial charge is 0.492 e. The van der Waals surface area contributed by atoms with Crippen LogP contribution in [0.25, 0.3) is 0 Å². The predicted octanol–water partition coefficient (Wildman–Crippen LogP) is 3.07. The number of rotatable bonds is 8. The first-order valence-electron chi connectivity index (χ1n) is 8.67. The van der Waals surface area contributed by atoms with Crippen LogP contribution < -0.4 is 15.4 Å².